The minimum absolute atomic E-state index is 0.00584. The standard InChI is InChI=1S/C29H48O5/c1-8-11-21(3)28-25(33-28)18-20(2)12-9-13-22(4)27-23(5)14-10-16-29(6,32-7)17-15-24(30)19-26(31)34-27/h9-10,12-14,20-21,23-25,27-28,30H,8,11,15-19H2,1-7H3/b12-9+,14-10+,22-13+/t20-,21-,23+,24-,25-,27-,28-,29+/m1/s1. The maximum Gasteiger partial charge on any atom is 0.309 e. The van der Waals surface area contributed by atoms with Crippen molar-refractivity contribution in [1.82, 2.24) is 0 Å². The lowest BCUT2D eigenvalue weighted by Gasteiger charge is -2.29. The number of allylic oxidation sites excluding steroid dienone is 3. The molecular weight excluding hydrogens is 428 g/mol. The maximum atomic E-state index is 12.5. The average molecular weight is 477 g/mol. The van der Waals surface area contributed by atoms with Crippen LogP contribution in [0, 0.1) is 17.8 Å². The van der Waals surface area contributed by atoms with Crippen LogP contribution in [0.5, 0.6) is 0 Å². The van der Waals surface area contributed by atoms with Crippen LogP contribution in [0.3, 0.4) is 0 Å². The smallest absolute Gasteiger partial charge is 0.309 e. The first-order valence-corrected chi connectivity index (χ1v) is 13.2. The van der Waals surface area contributed by atoms with Gasteiger partial charge in [0, 0.05) is 13.0 Å². The summed E-state index contributed by atoms with van der Waals surface area (Å²) < 4.78 is 17.4. The van der Waals surface area contributed by atoms with Crippen molar-refractivity contribution in [3.8, 4) is 0 Å². The molecule has 2 heterocycles. The van der Waals surface area contributed by atoms with Crippen LogP contribution in [-0.4, -0.2) is 48.2 Å². The Morgan fingerprint density at radius 1 is 1.38 bits per heavy atom. The molecule has 1 N–H and O–H groups in total. The topological polar surface area (TPSA) is 68.3 Å². The zero-order valence-corrected chi connectivity index (χ0v) is 22.5. The van der Waals surface area contributed by atoms with Gasteiger partial charge in [-0.2, -0.15) is 0 Å². The molecule has 34 heavy (non-hydrogen) atoms. The lowest BCUT2D eigenvalue weighted by atomic mass is 9.90. The predicted molar refractivity (Wildman–Crippen MR) is 137 cm³/mol. The van der Waals surface area contributed by atoms with Gasteiger partial charge in [-0.15, -0.1) is 0 Å². The van der Waals surface area contributed by atoms with Crippen molar-refractivity contribution in [1.29, 1.82) is 0 Å². The Labute approximate surface area is 207 Å². The Balaban J connectivity index is 2.02. The predicted octanol–water partition coefficient (Wildman–Crippen LogP) is 6.16. The highest BCUT2D eigenvalue weighted by Crippen LogP contribution is 2.36. The minimum Gasteiger partial charge on any atom is -0.457 e. The molecule has 0 aromatic carbocycles. The fourth-order valence-corrected chi connectivity index (χ4v) is 4.89. The summed E-state index contributed by atoms with van der Waals surface area (Å²) >= 11 is 0. The second-order valence-electron chi connectivity index (χ2n) is 10.9. The Bertz CT molecular complexity index is 726. The molecule has 0 bridgehead atoms. The van der Waals surface area contributed by atoms with Gasteiger partial charge in [-0.25, -0.2) is 0 Å². The Hall–Kier alpha value is -1.43. The van der Waals surface area contributed by atoms with Crippen molar-refractivity contribution >= 4 is 5.97 Å². The molecule has 1 saturated heterocycles. The highest BCUT2D eigenvalue weighted by atomic mass is 16.6. The number of hydrogen-bond donors (Lipinski definition) is 1. The van der Waals surface area contributed by atoms with Gasteiger partial charge in [0.15, 0.2) is 0 Å². The van der Waals surface area contributed by atoms with Gasteiger partial charge >= 0.3 is 5.97 Å². The van der Waals surface area contributed by atoms with Crippen LogP contribution >= 0.6 is 0 Å². The number of esters is 1. The van der Waals surface area contributed by atoms with Crippen molar-refractivity contribution in [2.45, 2.75) is 117 Å². The molecule has 194 valence electrons. The number of epoxide rings is 1. The van der Waals surface area contributed by atoms with Crippen LogP contribution in [0.1, 0.15) is 86.5 Å². The Morgan fingerprint density at radius 3 is 2.79 bits per heavy atom. The van der Waals surface area contributed by atoms with Crippen LogP contribution in [0.15, 0.2) is 36.0 Å². The van der Waals surface area contributed by atoms with Gasteiger partial charge < -0.3 is 19.3 Å². The number of cyclic esters (lactones) is 1. The second kappa shape index (κ2) is 13.6. The van der Waals surface area contributed by atoms with Crippen molar-refractivity contribution in [2.75, 3.05) is 7.11 Å². The molecule has 0 aliphatic carbocycles. The SMILES string of the molecule is CCC[C@@H](C)[C@H]1O[C@@H]1C[C@H](C)/C=C/C=C(\C)[C@H]1OC(=O)C[C@H](O)CC[C@@](C)(OC)C/C=C/[C@@H]1C. The van der Waals surface area contributed by atoms with E-state index in [1.807, 2.05) is 19.9 Å². The van der Waals surface area contributed by atoms with Gasteiger partial charge in [-0.05, 0) is 63.4 Å². The van der Waals surface area contributed by atoms with Gasteiger partial charge in [0.1, 0.15) is 6.10 Å². The van der Waals surface area contributed by atoms with Crippen LogP contribution in [-0.2, 0) is 19.0 Å². The second-order valence-corrected chi connectivity index (χ2v) is 10.9. The molecule has 5 heteroatoms. The monoisotopic (exact) mass is 476 g/mol. The number of carbonyl (C=O) groups is 1. The molecule has 5 nitrogen and oxygen atoms in total. The minimum atomic E-state index is -0.722. The molecule has 2 aliphatic rings. The molecule has 2 rings (SSSR count). The molecule has 8 atom stereocenters. The number of rotatable bonds is 9. The summed E-state index contributed by atoms with van der Waals surface area (Å²) in [4.78, 5) is 12.5. The molecule has 0 spiro atoms. The molecule has 0 radical (unpaired) electrons. The molecule has 0 saturated carbocycles. The van der Waals surface area contributed by atoms with E-state index in [1.165, 1.54) is 12.8 Å². The summed E-state index contributed by atoms with van der Waals surface area (Å²) in [5.74, 6) is 0.717. The first-order chi connectivity index (χ1) is 16.1. The highest BCUT2D eigenvalue weighted by Gasteiger charge is 2.42. The fourth-order valence-electron chi connectivity index (χ4n) is 4.89. The number of aliphatic hydroxyl groups is 1. The highest BCUT2D eigenvalue weighted by molar-refractivity contribution is 5.70. The van der Waals surface area contributed by atoms with Crippen LogP contribution in [0.4, 0.5) is 0 Å². The maximum absolute atomic E-state index is 12.5. The molecular formula is C29H48O5. The summed E-state index contributed by atoms with van der Waals surface area (Å²) in [5.41, 5.74) is 0.644. The molecule has 0 unspecified atom stereocenters. The number of aliphatic hydroxyl groups excluding tert-OH is 1. The first-order valence-electron chi connectivity index (χ1n) is 13.2. The van der Waals surface area contributed by atoms with Crippen LogP contribution < -0.4 is 0 Å². The van der Waals surface area contributed by atoms with Crippen molar-refractivity contribution in [3.05, 3.63) is 36.0 Å². The van der Waals surface area contributed by atoms with E-state index in [-0.39, 0.29) is 30.0 Å². The Kier molecular flexibility index (Phi) is 11.5. The lowest BCUT2D eigenvalue weighted by Crippen LogP contribution is -2.31. The quantitative estimate of drug-likeness (QED) is 0.187. The van der Waals surface area contributed by atoms with Gasteiger partial charge in [-0.3, -0.25) is 4.79 Å². The average Bonchev–Trinajstić information content (AvgIpc) is 3.54. The van der Waals surface area contributed by atoms with E-state index < -0.39 is 6.10 Å². The fraction of sp³-hybridized carbons (Fsp3) is 0.759. The zero-order chi connectivity index (χ0) is 25.3. The molecule has 0 amide bonds. The van der Waals surface area contributed by atoms with E-state index in [9.17, 15) is 9.90 Å². The van der Waals surface area contributed by atoms with E-state index in [0.717, 1.165) is 18.4 Å². The van der Waals surface area contributed by atoms with Gasteiger partial charge in [0.2, 0.25) is 0 Å². The third-order valence-corrected chi connectivity index (χ3v) is 7.40. The van der Waals surface area contributed by atoms with Crippen molar-refractivity contribution < 1.29 is 24.1 Å². The van der Waals surface area contributed by atoms with E-state index in [1.54, 1.807) is 7.11 Å². The largest absolute Gasteiger partial charge is 0.457 e. The molecule has 2 aliphatic heterocycles. The number of hydrogen-bond acceptors (Lipinski definition) is 5. The summed E-state index contributed by atoms with van der Waals surface area (Å²) in [6, 6.07) is 0. The van der Waals surface area contributed by atoms with Crippen LogP contribution in [0.2, 0.25) is 0 Å². The summed E-state index contributed by atoms with van der Waals surface area (Å²) in [6.45, 7) is 12.8. The Morgan fingerprint density at radius 2 is 2.12 bits per heavy atom. The van der Waals surface area contributed by atoms with Gasteiger partial charge in [-0.1, -0.05) is 64.5 Å². The molecule has 0 aromatic heterocycles. The van der Waals surface area contributed by atoms with E-state index in [4.69, 9.17) is 14.2 Å². The first kappa shape index (κ1) is 28.8. The van der Waals surface area contributed by atoms with E-state index in [2.05, 4.69) is 52.0 Å². The summed E-state index contributed by atoms with van der Waals surface area (Å²) in [5, 5.41) is 10.3. The number of methoxy groups -OCH3 is 1. The lowest BCUT2D eigenvalue weighted by molar-refractivity contribution is -0.151. The van der Waals surface area contributed by atoms with Crippen LogP contribution in [0.25, 0.3) is 0 Å². The third kappa shape index (κ3) is 9.31. The van der Waals surface area contributed by atoms with Crippen molar-refractivity contribution in [3.63, 3.8) is 0 Å². The van der Waals surface area contributed by atoms with Crippen molar-refractivity contribution in [2.24, 2.45) is 17.8 Å². The number of ether oxygens (including phenoxy) is 3. The van der Waals surface area contributed by atoms with E-state index >= 15 is 0 Å². The summed E-state index contributed by atoms with van der Waals surface area (Å²) in [6.07, 6.45) is 15.7. The van der Waals surface area contributed by atoms with Gasteiger partial charge in [0.25, 0.3) is 0 Å². The number of carbonyl (C=O) groups excluding carboxylic acids is 1. The van der Waals surface area contributed by atoms with E-state index in [0.29, 0.717) is 36.9 Å². The zero-order valence-electron chi connectivity index (χ0n) is 22.5. The molecule has 1 fully saturated rings. The van der Waals surface area contributed by atoms with Gasteiger partial charge in [0.05, 0.1) is 30.3 Å². The third-order valence-electron chi connectivity index (χ3n) is 7.40. The normalized spacial score (nSPS) is 36.3. The summed E-state index contributed by atoms with van der Waals surface area (Å²) in [7, 11) is 1.70. The molecule has 0 aromatic rings.